The Labute approximate surface area is 142 Å². The summed E-state index contributed by atoms with van der Waals surface area (Å²) in [6, 6.07) is 15.6. The summed E-state index contributed by atoms with van der Waals surface area (Å²) >= 11 is 0. The van der Waals surface area contributed by atoms with Crippen LogP contribution in [-0.4, -0.2) is 18.2 Å². The number of aryl methyl sites for hydroxylation is 1. The molecule has 0 radical (unpaired) electrons. The smallest absolute Gasteiger partial charge is 0.239 e. The van der Waals surface area contributed by atoms with E-state index >= 15 is 0 Å². The first-order valence-corrected chi connectivity index (χ1v) is 8.36. The van der Waals surface area contributed by atoms with Crippen LogP contribution in [0.3, 0.4) is 0 Å². The number of benzene rings is 2. The van der Waals surface area contributed by atoms with E-state index in [9.17, 15) is 9.59 Å². The number of rotatable bonds is 5. The molecule has 1 aliphatic carbocycles. The number of fused-ring (bicyclic) bond motifs is 1. The minimum Gasteiger partial charge on any atom is -0.376 e. The lowest BCUT2D eigenvalue weighted by Gasteiger charge is -2.26. The second-order valence-electron chi connectivity index (χ2n) is 6.17. The lowest BCUT2D eigenvalue weighted by Crippen LogP contribution is -2.35. The molecule has 2 aromatic rings. The van der Waals surface area contributed by atoms with Crippen LogP contribution in [0.25, 0.3) is 0 Å². The number of para-hydroxylation sites is 1. The monoisotopic (exact) mass is 322 g/mol. The fourth-order valence-electron chi connectivity index (χ4n) is 3.27. The molecule has 0 spiro atoms. The maximum Gasteiger partial charge on any atom is 0.239 e. The Hall–Kier alpha value is -2.62. The van der Waals surface area contributed by atoms with Crippen LogP contribution < -0.4 is 10.6 Å². The van der Waals surface area contributed by atoms with E-state index in [-0.39, 0.29) is 24.3 Å². The third-order valence-electron chi connectivity index (χ3n) is 4.45. The number of hydrogen-bond acceptors (Lipinski definition) is 3. The van der Waals surface area contributed by atoms with Crippen molar-refractivity contribution in [3.8, 4) is 0 Å². The van der Waals surface area contributed by atoms with E-state index in [0.717, 1.165) is 19.3 Å². The third kappa shape index (κ3) is 3.65. The maximum absolute atomic E-state index is 12.3. The molecule has 1 unspecified atom stereocenters. The molecule has 0 saturated carbocycles. The van der Waals surface area contributed by atoms with Gasteiger partial charge in [-0.2, -0.15) is 0 Å². The van der Waals surface area contributed by atoms with Crippen LogP contribution in [0.1, 0.15) is 47.3 Å². The lowest BCUT2D eigenvalue weighted by molar-refractivity contribution is -0.120. The highest BCUT2D eigenvalue weighted by Crippen LogP contribution is 2.29. The van der Waals surface area contributed by atoms with Crippen molar-refractivity contribution in [2.75, 3.05) is 11.9 Å². The van der Waals surface area contributed by atoms with Crippen molar-refractivity contribution in [3.05, 3.63) is 65.2 Å². The van der Waals surface area contributed by atoms with E-state index in [2.05, 4.69) is 22.8 Å². The Kier molecular flexibility index (Phi) is 4.94. The lowest BCUT2D eigenvalue weighted by atomic mass is 9.88. The highest BCUT2D eigenvalue weighted by atomic mass is 16.2. The fourth-order valence-corrected chi connectivity index (χ4v) is 3.27. The molecule has 0 aromatic heterocycles. The van der Waals surface area contributed by atoms with Gasteiger partial charge in [0.15, 0.2) is 5.78 Å². The predicted molar refractivity (Wildman–Crippen MR) is 95.2 cm³/mol. The summed E-state index contributed by atoms with van der Waals surface area (Å²) < 4.78 is 0. The highest BCUT2D eigenvalue weighted by molar-refractivity contribution is 6.00. The first kappa shape index (κ1) is 16.2. The van der Waals surface area contributed by atoms with Gasteiger partial charge in [-0.1, -0.05) is 36.4 Å². The summed E-state index contributed by atoms with van der Waals surface area (Å²) in [5, 5.41) is 6.18. The van der Waals surface area contributed by atoms with Crippen LogP contribution in [0.15, 0.2) is 48.5 Å². The third-order valence-corrected chi connectivity index (χ3v) is 4.45. The van der Waals surface area contributed by atoms with Crippen molar-refractivity contribution in [1.29, 1.82) is 0 Å². The standard InChI is InChI=1S/C20H22N2O2/c1-14(23)16-9-4-5-11-18(16)21-13-20(24)22-19-12-6-8-15-7-2-3-10-17(15)19/h2-5,7,9-11,19,21H,6,8,12-13H2,1H3,(H,22,24). The molecule has 0 aliphatic heterocycles. The molecule has 4 nitrogen and oxygen atoms in total. The Morgan fingerprint density at radius 1 is 1.08 bits per heavy atom. The zero-order valence-corrected chi connectivity index (χ0v) is 13.8. The fraction of sp³-hybridized carbons (Fsp3) is 0.300. The number of anilines is 1. The van der Waals surface area contributed by atoms with Crippen molar-refractivity contribution in [3.63, 3.8) is 0 Å². The number of ketones is 1. The van der Waals surface area contributed by atoms with E-state index in [1.165, 1.54) is 18.1 Å². The van der Waals surface area contributed by atoms with Gasteiger partial charge >= 0.3 is 0 Å². The molecule has 2 N–H and O–H groups in total. The van der Waals surface area contributed by atoms with E-state index in [4.69, 9.17) is 0 Å². The predicted octanol–water partition coefficient (Wildman–Crippen LogP) is 3.49. The summed E-state index contributed by atoms with van der Waals surface area (Å²) in [6.45, 7) is 1.68. The Balaban J connectivity index is 1.62. The number of hydrogen-bond donors (Lipinski definition) is 2. The van der Waals surface area contributed by atoms with Crippen molar-refractivity contribution >= 4 is 17.4 Å². The van der Waals surface area contributed by atoms with Crippen molar-refractivity contribution in [2.24, 2.45) is 0 Å². The quantitative estimate of drug-likeness (QED) is 0.828. The second-order valence-corrected chi connectivity index (χ2v) is 6.17. The number of amides is 1. The molecule has 1 aliphatic rings. The summed E-state index contributed by atoms with van der Waals surface area (Å²) in [5.41, 5.74) is 3.85. The van der Waals surface area contributed by atoms with E-state index in [0.29, 0.717) is 11.3 Å². The summed E-state index contributed by atoms with van der Waals surface area (Å²) in [6.07, 6.45) is 3.13. The van der Waals surface area contributed by atoms with E-state index < -0.39 is 0 Å². The Morgan fingerprint density at radius 3 is 2.67 bits per heavy atom. The van der Waals surface area contributed by atoms with Crippen LogP contribution in [0.4, 0.5) is 5.69 Å². The molecule has 24 heavy (non-hydrogen) atoms. The van der Waals surface area contributed by atoms with Crippen LogP contribution in [0.2, 0.25) is 0 Å². The van der Waals surface area contributed by atoms with Gasteiger partial charge in [0.25, 0.3) is 0 Å². The summed E-state index contributed by atoms with van der Waals surface area (Å²) in [4.78, 5) is 23.9. The normalized spacial score (nSPS) is 16.1. The molecule has 0 saturated heterocycles. The van der Waals surface area contributed by atoms with Crippen LogP contribution in [0, 0.1) is 0 Å². The zero-order chi connectivity index (χ0) is 16.9. The first-order valence-electron chi connectivity index (χ1n) is 8.36. The Bertz CT molecular complexity index is 755. The van der Waals surface area contributed by atoms with Gasteiger partial charge in [-0.15, -0.1) is 0 Å². The van der Waals surface area contributed by atoms with Crippen molar-refractivity contribution < 1.29 is 9.59 Å². The van der Waals surface area contributed by atoms with Crippen LogP contribution >= 0.6 is 0 Å². The molecule has 0 fully saturated rings. The number of nitrogens with one attached hydrogen (secondary N) is 2. The van der Waals surface area contributed by atoms with Gasteiger partial charge in [0, 0.05) is 11.3 Å². The molecular formula is C20H22N2O2. The zero-order valence-electron chi connectivity index (χ0n) is 13.8. The second kappa shape index (κ2) is 7.30. The topological polar surface area (TPSA) is 58.2 Å². The van der Waals surface area contributed by atoms with Gasteiger partial charge in [-0.05, 0) is 49.4 Å². The number of carbonyl (C=O) groups excluding carboxylic acids is 2. The molecule has 1 amide bonds. The highest BCUT2D eigenvalue weighted by Gasteiger charge is 2.21. The molecule has 1 atom stereocenters. The largest absolute Gasteiger partial charge is 0.376 e. The minimum atomic E-state index is -0.0601. The summed E-state index contributed by atoms with van der Waals surface area (Å²) in [5.74, 6) is -0.0743. The van der Waals surface area contributed by atoms with E-state index in [1.54, 1.807) is 6.07 Å². The van der Waals surface area contributed by atoms with Crippen molar-refractivity contribution in [2.45, 2.75) is 32.2 Å². The first-order chi connectivity index (χ1) is 11.6. The molecule has 124 valence electrons. The molecular weight excluding hydrogens is 300 g/mol. The van der Waals surface area contributed by atoms with Gasteiger partial charge in [0.2, 0.25) is 5.91 Å². The van der Waals surface area contributed by atoms with Crippen molar-refractivity contribution in [1.82, 2.24) is 5.32 Å². The van der Waals surface area contributed by atoms with Gasteiger partial charge < -0.3 is 10.6 Å². The SMILES string of the molecule is CC(=O)c1ccccc1NCC(=O)NC1CCCc2ccccc21. The van der Waals surface area contributed by atoms with Gasteiger partial charge in [0.1, 0.15) is 0 Å². The minimum absolute atomic E-state index is 0.0142. The summed E-state index contributed by atoms with van der Waals surface area (Å²) in [7, 11) is 0. The maximum atomic E-state index is 12.3. The molecule has 0 bridgehead atoms. The molecule has 0 heterocycles. The van der Waals surface area contributed by atoms with Crippen LogP contribution in [0.5, 0.6) is 0 Å². The van der Waals surface area contributed by atoms with Gasteiger partial charge in [0.05, 0.1) is 12.6 Å². The molecule has 3 rings (SSSR count). The average molecular weight is 322 g/mol. The molecule has 2 aromatic carbocycles. The van der Waals surface area contributed by atoms with Gasteiger partial charge in [-0.3, -0.25) is 9.59 Å². The number of carbonyl (C=O) groups is 2. The average Bonchev–Trinajstić information content (AvgIpc) is 2.60. The van der Waals surface area contributed by atoms with Crippen LogP contribution in [-0.2, 0) is 11.2 Å². The van der Waals surface area contributed by atoms with Gasteiger partial charge in [-0.25, -0.2) is 0 Å². The Morgan fingerprint density at radius 2 is 1.83 bits per heavy atom. The molecule has 4 heteroatoms. The number of Topliss-reactive ketones (excluding diaryl/α,β-unsaturated/α-hetero) is 1. The van der Waals surface area contributed by atoms with E-state index in [1.807, 2.05) is 30.3 Å².